The SMILES string of the molecule is O=C(c1ccc(Cl)cc1)N1CCCc2cc(S(=O)(=O)N3CCN(C(c4ccccc4)c4ccccc4)CC3)ccc21. The van der Waals surface area contributed by atoms with Gasteiger partial charge in [-0.15, -0.1) is 0 Å². The normalized spacial score (nSPS) is 16.5. The van der Waals surface area contributed by atoms with Gasteiger partial charge in [0.05, 0.1) is 10.9 Å². The van der Waals surface area contributed by atoms with Crippen LogP contribution < -0.4 is 4.90 Å². The lowest BCUT2D eigenvalue weighted by atomic mass is 9.96. The first-order chi connectivity index (χ1) is 19.9. The molecule has 0 saturated carbocycles. The zero-order valence-corrected chi connectivity index (χ0v) is 24.3. The van der Waals surface area contributed by atoms with Crippen LogP contribution in [0.25, 0.3) is 0 Å². The first-order valence-corrected chi connectivity index (χ1v) is 15.8. The van der Waals surface area contributed by atoms with Crippen LogP contribution in [0.1, 0.15) is 39.5 Å². The highest BCUT2D eigenvalue weighted by Gasteiger charge is 2.33. The maximum Gasteiger partial charge on any atom is 0.258 e. The third kappa shape index (κ3) is 5.68. The quantitative estimate of drug-likeness (QED) is 0.277. The van der Waals surface area contributed by atoms with Crippen molar-refractivity contribution in [3.05, 3.63) is 130 Å². The van der Waals surface area contributed by atoms with Crippen LogP contribution in [-0.2, 0) is 16.4 Å². The molecular weight excluding hydrogens is 554 g/mol. The van der Waals surface area contributed by atoms with Crippen molar-refractivity contribution in [1.82, 2.24) is 9.21 Å². The number of sulfonamides is 1. The van der Waals surface area contributed by atoms with Crippen LogP contribution in [0.2, 0.25) is 5.02 Å². The number of rotatable bonds is 6. The van der Waals surface area contributed by atoms with Gasteiger partial charge in [0.25, 0.3) is 5.91 Å². The lowest BCUT2D eigenvalue weighted by Gasteiger charge is -2.39. The minimum Gasteiger partial charge on any atom is -0.308 e. The first kappa shape index (κ1) is 27.7. The predicted molar refractivity (Wildman–Crippen MR) is 163 cm³/mol. The van der Waals surface area contributed by atoms with E-state index in [1.807, 2.05) is 36.4 Å². The molecule has 0 bridgehead atoms. The molecule has 0 N–H and O–H groups in total. The molecule has 0 aromatic heterocycles. The van der Waals surface area contributed by atoms with E-state index in [2.05, 4.69) is 29.2 Å². The summed E-state index contributed by atoms with van der Waals surface area (Å²) >= 11 is 6.00. The second kappa shape index (κ2) is 11.8. The molecular formula is C33H32ClN3O3S. The molecule has 2 aliphatic heterocycles. The van der Waals surface area contributed by atoms with Crippen molar-refractivity contribution >= 4 is 33.2 Å². The van der Waals surface area contributed by atoms with Gasteiger partial charge in [-0.05, 0) is 72.0 Å². The Morgan fingerprint density at radius 3 is 1.95 bits per heavy atom. The standard InChI is InChI=1S/C33H32ClN3O3S/c34-29-15-13-27(14-16-29)33(38)37-19-7-12-28-24-30(17-18-31(28)37)41(39,40)36-22-20-35(21-23-36)32(25-8-3-1-4-9-25)26-10-5-2-6-11-26/h1-6,8-11,13-18,24,32H,7,12,19-23H2. The molecule has 8 heteroatoms. The van der Waals surface area contributed by atoms with Gasteiger partial charge in [-0.2, -0.15) is 4.31 Å². The number of fused-ring (bicyclic) bond motifs is 1. The van der Waals surface area contributed by atoms with Gasteiger partial charge < -0.3 is 4.90 Å². The number of aryl methyl sites for hydroxylation is 1. The van der Waals surface area contributed by atoms with Gasteiger partial charge >= 0.3 is 0 Å². The summed E-state index contributed by atoms with van der Waals surface area (Å²) in [4.78, 5) is 17.6. The van der Waals surface area contributed by atoms with Crippen molar-refractivity contribution < 1.29 is 13.2 Å². The van der Waals surface area contributed by atoms with Crippen molar-refractivity contribution in [2.45, 2.75) is 23.8 Å². The molecule has 2 heterocycles. The average molecular weight is 586 g/mol. The van der Waals surface area contributed by atoms with E-state index in [1.54, 1.807) is 51.7 Å². The number of nitrogens with zero attached hydrogens (tertiary/aromatic N) is 3. The smallest absolute Gasteiger partial charge is 0.258 e. The number of benzene rings is 4. The molecule has 0 aliphatic carbocycles. The van der Waals surface area contributed by atoms with Gasteiger partial charge in [0.2, 0.25) is 10.0 Å². The molecule has 0 unspecified atom stereocenters. The topological polar surface area (TPSA) is 60.9 Å². The largest absolute Gasteiger partial charge is 0.308 e. The van der Waals surface area contributed by atoms with E-state index in [0.717, 1.165) is 24.1 Å². The third-order valence-electron chi connectivity index (χ3n) is 8.01. The highest BCUT2D eigenvalue weighted by Crippen LogP contribution is 2.33. The van der Waals surface area contributed by atoms with Crippen LogP contribution in [0.3, 0.4) is 0 Å². The van der Waals surface area contributed by atoms with Crippen LogP contribution >= 0.6 is 11.6 Å². The summed E-state index contributed by atoms with van der Waals surface area (Å²) in [6.45, 7) is 2.67. The van der Waals surface area contributed by atoms with E-state index >= 15 is 0 Å². The monoisotopic (exact) mass is 585 g/mol. The van der Waals surface area contributed by atoms with Crippen molar-refractivity contribution in [1.29, 1.82) is 0 Å². The molecule has 1 saturated heterocycles. The van der Waals surface area contributed by atoms with E-state index in [4.69, 9.17) is 11.6 Å². The molecule has 1 fully saturated rings. The minimum absolute atomic E-state index is 0.0650. The zero-order valence-electron chi connectivity index (χ0n) is 22.7. The molecule has 41 heavy (non-hydrogen) atoms. The van der Waals surface area contributed by atoms with Crippen LogP contribution in [0.15, 0.2) is 108 Å². The highest BCUT2D eigenvalue weighted by molar-refractivity contribution is 7.89. The van der Waals surface area contributed by atoms with Gasteiger partial charge in [-0.1, -0.05) is 72.3 Å². The maximum atomic E-state index is 13.8. The van der Waals surface area contributed by atoms with Gasteiger partial charge in [0.1, 0.15) is 0 Å². The second-order valence-corrected chi connectivity index (χ2v) is 12.9. The average Bonchev–Trinajstić information content (AvgIpc) is 3.02. The summed E-state index contributed by atoms with van der Waals surface area (Å²) in [6.07, 6.45) is 1.50. The Labute approximate surface area is 246 Å². The van der Waals surface area contributed by atoms with E-state index in [9.17, 15) is 13.2 Å². The molecule has 0 spiro atoms. The molecule has 2 aliphatic rings. The number of piperazine rings is 1. The summed E-state index contributed by atoms with van der Waals surface area (Å²) in [5, 5.41) is 0.576. The first-order valence-electron chi connectivity index (χ1n) is 14.0. The lowest BCUT2D eigenvalue weighted by molar-refractivity contribution is 0.0985. The number of amides is 1. The van der Waals surface area contributed by atoms with Crippen molar-refractivity contribution in [2.24, 2.45) is 0 Å². The Hall–Kier alpha value is -3.49. The summed E-state index contributed by atoms with van der Waals surface area (Å²) in [6, 6.07) is 32.9. The molecule has 210 valence electrons. The van der Waals surface area contributed by atoms with Gasteiger partial charge in [0.15, 0.2) is 0 Å². The molecule has 0 radical (unpaired) electrons. The number of carbonyl (C=O) groups excluding carboxylic acids is 1. The Morgan fingerprint density at radius 2 is 1.34 bits per heavy atom. The fourth-order valence-corrected chi connectivity index (χ4v) is 7.53. The molecule has 4 aromatic rings. The molecule has 6 nitrogen and oxygen atoms in total. The Balaban J connectivity index is 1.20. The number of hydrogen-bond acceptors (Lipinski definition) is 4. The summed E-state index contributed by atoms with van der Waals surface area (Å²) < 4.78 is 29.1. The molecule has 0 atom stereocenters. The van der Waals surface area contributed by atoms with Crippen molar-refractivity contribution in [3.8, 4) is 0 Å². The van der Waals surface area contributed by atoms with E-state index in [-0.39, 0.29) is 16.8 Å². The number of hydrogen-bond donors (Lipinski definition) is 0. The third-order valence-corrected chi connectivity index (χ3v) is 10.2. The van der Waals surface area contributed by atoms with Gasteiger partial charge in [-0.25, -0.2) is 8.42 Å². The minimum atomic E-state index is -3.68. The van der Waals surface area contributed by atoms with Gasteiger partial charge in [-0.3, -0.25) is 9.69 Å². The maximum absolute atomic E-state index is 13.8. The predicted octanol–water partition coefficient (Wildman–Crippen LogP) is 6.03. The Bertz CT molecular complexity index is 1580. The number of anilines is 1. The van der Waals surface area contributed by atoms with E-state index < -0.39 is 10.0 Å². The molecule has 6 rings (SSSR count). The number of halogens is 1. The highest BCUT2D eigenvalue weighted by atomic mass is 35.5. The summed E-state index contributed by atoms with van der Waals surface area (Å²) in [7, 11) is -3.68. The van der Waals surface area contributed by atoms with Crippen LogP contribution in [0.5, 0.6) is 0 Å². The Morgan fingerprint density at radius 1 is 0.732 bits per heavy atom. The van der Waals surface area contributed by atoms with Gasteiger partial charge in [0, 0.05) is 49.0 Å². The lowest BCUT2D eigenvalue weighted by Crippen LogP contribution is -2.49. The molecule has 1 amide bonds. The van der Waals surface area contributed by atoms with Crippen molar-refractivity contribution in [3.63, 3.8) is 0 Å². The van der Waals surface area contributed by atoms with Crippen molar-refractivity contribution in [2.75, 3.05) is 37.6 Å². The fourth-order valence-electron chi connectivity index (χ4n) is 5.93. The fraction of sp³-hybridized carbons (Fsp3) is 0.242. The summed E-state index contributed by atoms with van der Waals surface area (Å²) in [5.74, 6) is -0.110. The van der Waals surface area contributed by atoms with Crippen LogP contribution in [0, 0.1) is 0 Å². The second-order valence-electron chi connectivity index (χ2n) is 10.5. The Kier molecular flexibility index (Phi) is 7.95. The zero-order chi connectivity index (χ0) is 28.4. The van der Waals surface area contributed by atoms with E-state index in [0.29, 0.717) is 43.3 Å². The summed E-state index contributed by atoms with van der Waals surface area (Å²) in [5.41, 5.74) is 4.60. The van der Waals surface area contributed by atoms with E-state index in [1.165, 1.54) is 11.1 Å². The van der Waals surface area contributed by atoms with Crippen LogP contribution in [0.4, 0.5) is 5.69 Å². The van der Waals surface area contributed by atoms with Crippen LogP contribution in [-0.4, -0.2) is 56.3 Å². The molecule has 4 aromatic carbocycles. The number of carbonyl (C=O) groups is 1.